The summed E-state index contributed by atoms with van der Waals surface area (Å²) in [6, 6.07) is 5.44. The lowest BCUT2D eigenvalue weighted by Crippen LogP contribution is -2.48. The van der Waals surface area contributed by atoms with E-state index < -0.39 is 12.1 Å². The fourth-order valence-electron chi connectivity index (χ4n) is 3.86. The first-order valence-corrected chi connectivity index (χ1v) is 9.11. The molecule has 6 heteroatoms. The van der Waals surface area contributed by atoms with Crippen molar-refractivity contribution in [2.45, 2.75) is 51.6 Å². The molecular formula is C20H24N2O4. The third-order valence-corrected chi connectivity index (χ3v) is 5.11. The summed E-state index contributed by atoms with van der Waals surface area (Å²) in [5.41, 5.74) is 0.619. The minimum Gasteiger partial charge on any atom is -0.346 e. The lowest BCUT2D eigenvalue weighted by Gasteiger charge is -2.29. The molecular weight excluding hydrogens is 332 g/mol. The molecule has 4 unspecified atom stereocenters. The van der Waals surface area contributed by atoms with Crippen molar-refractivity contribution < 1.29 is 19.2 Å². The highest BCUT2D eigenvalue weighted by atomic mass is 16.2. The Balaban J connectivity index is 1.86. The summed E-state index contributed by atoms with van der Waals surface area (Å²) < 4.78 is 0. The fraction of sp³-hybridized carbons (Fsp3) is 0.500. The van der Waals surface area contributed by atoms with Crippen molar-refractivity contribution in [1.82, 2.24) is 10.6 Å². The predicted octanol–water partition coefficient (Wildman–Crippen LogP) is 1.88. The molecule has 0 spiro atoms. The number of hydrogen-bond acceptors (Lipinski definition) is 4. The maximum Gasteiger partial charge on any atom is 0.220 e. The van der Waals surface area contributed by atoms with Gasteiger partial charge in [0, 0.05) is 24.0 Å². The third kappa shape index (κ3) is 3.84. The van der Waals surface area contributed by atoms with Gasteiger partial charge in [-0.2, -0.15) is 0 Å². The molecule has 2 heterocycles. The van der Waals surface area contributed by atoms with Crippen LogP contribution in [-0.4, -0.2) is 35.5 Å². The Hall–Kier alpha value is -2.50. The number of carbonyl (C=O) groups is 4. The molecule has 26 heavy (non-hydrogen) atoms. The third-order valence-electron chi connectivity index (χ3n) is 5.11. The zero-order valence-corrected chi connectivity index (χ0v) is 15.1. The summed E-state index contributed by atoms with van der Waals surface area (Å²) in [5, 5.41) is 5.47. The molecule has 0 radical (unpaired) electrons. The van der Waals surface area contributed by atoms with Gasteiger partial charge in [0.25, 0.3) is 0 Å². The molecule has 3 rings (SSSR count). The van der Waals surface area contributed by atoms with E-state index in [0.29, 0.717) is 36.8 Å². The Morgan fingerprint density at radius 2 is 1.19 bits per heavy atom. The van der Waals surface area contributed by atoms with Crippen LogP contribution in [-0.2, 0) is 9.59 Å². The topological polar surface area (TPSA) is 92.3 Å². The van der Waals surface area contributed by atoms with E-state index in [2.05, 4.69) is 10.6 Å². The Kier molecular flexibility index (Phi) is 5.20. The van der Waals surface area contributed by atoms with Crippen LogP contribution < -0.4 is 10.6 Å². The number of piperidine rings is 2. The zero-order valence-electron chi connectivity index (χ0n) is 15.1. The molecule has 2 amide bonds. The van der Waals surface area contributed by atoms with Crippen molar-refractivity contribution in [3.63, 3.8) is 0 Å². The second-order valence-corrected chi connectivity index (χ2v) is 7.60. The number of rotatable bonds is 4. The van der Waals surface area contributed by atoms with E-state index in [4.69, 9.17) is 0 Å². The van der Waals surface area contributed by atoms with Crippen LogP contribution in [0.5, 0.6) is 0 Å². The van der Waals surface area contributed by atoms with Gasteiger partial charge >= 0.3 is 0 Å². The van der Waals surface area contributed by atoms with Crippen LogP contribution in [0, 0.1) is 11.8 Å². The Morgan fingerprint density at radius 3 is 1.54 bits per heavy atom. The number of hydrogen-bond donors (Lipinski definition) is 2. The van der Waals surface area contributed by atoms with Crippen molar-refractivity contribution >= 4 is 23.4 Å². The molecule has 0 aliphatic carbocycles. The standard InChI is InChI=1S/C20H24N2O4/c1-11-7-15(21-17(23)9-11)19(25)13-5-3-4-6-14(13)20(26)16-8-12(2)10-18(24)22-16/h3-6,11-12,15-16H,7-10H2,1-2H3,(H,21,23)(H,22,24). The zero-order chi connectivity index (χ0) is 18.8. The quantitative estimate of drug-likeness (QED) is 0.806. The summed E-state index contributed by atoms with van der Waals surface area (Å²) in [5.74, 6) is -0.523. The Labute approximate surface area is 152 Å². The second-order valence-electron chi connectivity index (χ2n) is 7.60. The number of amides is 2. The molecule has 0 aromatic heterocycles. The smallest absolute Gasteiger partial charge is 0.220 e. The molecule has 2 aliphatic rings. The van der Waals surface area contributed by atoms with Crippen LogP contribution in [0.2, 0.25) is 0 Å². The number of benzene rings is 1. The Bertz CT molecular complexity index is 695. The van der Waals surface area contributed by atoms with Crippen molar-refractivity contribution in [2.24, 2.45) is 11.8 Å². The first-order valence-electron chi connectivity index (χ1n) is 9.11. The van der Waals surface area contributed by atoms with Gasteiger partial charge in [0.2, 0.25) is 11.8 Å². The van der Waals surface area contributed by atoms with E-state index in [1.54, 1.807) is 24.3 Å². The highest BCUT2D eigenvalue weighted by Gasteiger charge is 2.34. The normalized spacial score (nSPS) is 28.8. The number of nitrogens with one attached hydrogen (secondary N) is 2. The largest absolute Gasteiger partial charge is 0.346 e. The number of carbonyl (C=O) groups excluding carboxylic acids is 4. The SMILES string of the molecule is CC1CC(=O)NC(C(=O)c2ccccc2C(=O)C2CC(C)CC(=O)N2)C1. The van der Waals surface area contributed by atoms with Crippen LogP contribution in [0.4, 0.5) is 0 Å². The van der Waals surface area contributed by atoms with Crippen molar-refractivity contribution in [3.05, 3.63) is 35.4 Å². The van der Waals surface area contributed by atoms with Gasteiger partial charge < -0.3 is 10.6 Å². The minimum atomic E-state index is -0.611. The van der Waals surface area contributed by atoms with E-state index in [0.717, 1.165) is 0 Å². The highest BCUT2D eigenvalue weighted by Crippen LogP contribution is 2.24. The van der Waals surface area contributed by atoms with Gasteiger partial charge in [0.1, 0.15) is 0 Å². The molecule has 0 bridgehead atoms. The van der Waals surface area contributed by atoms with Crippen LogP contribution >= 0.6 is 0 Å². The van der Waals surface area contributed by atoms with Crippen LogP contribution in [0.25, 0.3) is 0 Å². The van der Waals surface area contributed by atoms with E-state index >= 15 is 0 Å². The first kappa shape index (κ1) is 18.3. The lowest BCUT2D eigenvalue weighted by molar-refractivity contribution is -0.124. The van der Waals surface area contributed by atoms with E-state index in [-0.39, 0.29) is 35.2 Å². The van der Waals surface area contributed by atoms with Gasteiger partial charge in [-0.05, 0) is 24.7 Å². The summed E-state index contributed by atoms with van der Waals surface area (Å²) >= 11 is 0. The average molecular weight is 356 g/mol. The number of ketones is 2. The minimum absolute atomic E-state index is 0.124. The van der Waals surface area contributed by atoms with Gasteiger partial charge in [-0.1, -0.05) is 38.1 Å². The molecule has 2 saturated heterocycles. The summed E-state index contributed by atoms with van der Waals surface area (Å²) in [4.78, 5) is 49.5. The van der Waals surface area contributed by atoms with E-state index in [1.807, 2.05) is 13.8 Å². The molecule has 1 aromatic carbocycles. The van der Waals surface area contributed by atoms with Gasteiger partial charge in [-0.25, -0.2) is 0 Å². The van der Waals surface area contributed by atoms with Gasteiger partial charge in [0.15, 0.2) is 11.6 Å². The molecule has 2 aliphatic heterocycles. The van der Waals surface area contributed by atoms with Gasteiger partial charge in [0.05, 0.1) is 12.1 Å². The Morgan fingerprint density at radius 1 is 0.808 bits per heavy atom. The van der Waals surface area contributed by atoms with Crippen molar-refractivity contribution in [3.8, 4) is 0 Å². The van der Waals surface area contributed by atoms with Crippen molar-refractivity contribution in [2.75, 3.05) is 0 Å². The van der Waals surface area contributed by atoms with E-state index in [1.165, 1.54) is 0 Å². The number of Topliss-reactive ketones (excluding diaryl/α,β-unsaturated/α-hetero) is 2. The summed E-state index contributed by atoms with van der Waals surface area (Å²) in [6.45, 7) is 3.88. The summed E-state index contributed by atoms with van der Waals surface area (Å²) in [6.07, 6.45) is 1.95. The highest BCUT2D eigenvalue weighted by molar-refractivity contribution is 6.13. The average Bonchev–Trinajstić information content (AvgIpc) is 2.59. The molecule has 2 fully saturated rings. The predicted molar refractivity (Wildman–Crippen MR) is 95.8 cm³/mol. The lowest BCUT2D eigenvalue weighted by atomic mass is 9.84. The van der Waals surface area contributed by atoms with E-state index in [9.17, 15) is 19.2 Å². The molecule has 138 valence electrons. The van der Waals surface area contributed by atoms with Crippen LogP contribution in [0.15, 0.2) is 24.3 Å². The first-order chi connectivity index (χ1) is 12.3. The second kappa shape index (κ2) is 7.40. The maximum atomic E-state index is 13.0. The molecule has 2 N–H and O–H groups in total. The molecule has 0 saturated carbocycles. The summed E-state index contributed by atoms with van der Waals surface area (Å²) in [7, 11) is 0. The van der Waals surface area contributed by atoms with Crippen LogP contribution in [0.3, 0.4) is 0 Å². The van der Waals surface area contributed by atoms with Gasteiger partial charge in [-0.3, -0.25) is 19.2 Å². The van der Waals surface area contributed by atoms with Crippen LogP contribution in [0.1, 0.15) is 60.2 Å². The molecule has 6 nitrogen and oxygen atoms in total. The van der Waals surface area contributed by atoms with Crippen molar-refractivity contribution in [1.29, 1.82) is 0 Å². The molecule has 4 atom stereocenters. The monoisotopic (exact) mass is 356 g/mol. The van der Waals surface area contributed by atoms with Gasteiger partial charge in [-0.15, -0.1) is 0 Å². The molecule has 1 aromatic rings. The maximum absolute atomic E-state index is 13.0. The fourth-order valence-corrected chi connectivity index (χ4v) is 3.86.